The van der Waals surface area contributed by atoms with Gasteiger partial charge in [0, 0.05) is 25.8 Å². The molecule has 0 radical (unpaired) electrons. The van der Waals surface area contributed by atoms with E-state index in [0.717, 1.165) is 24.3 Å². The number of hydrogen-bond acceptors (Lipinski definition) is 4. The maximum Gasteiger partial charge on any atom is 0.137 e. The number of oxime groups is 1. The van der Waals surface area contributed by atoms with E-state index in [-0.39, 0.29) is 5.82 Å². The highest BCUT2D eigenvalue weighted by Crippen LogP contribution is 2.26. The summed E-state index contributed by atoms with van der Waals surface area (Å²) >= 11 is 6.16. The van der Waals surface area contributed by atoms with Gasteiger partial charge in [-0.25, -0.2) is 4.39 Å². The van der Waals surface area contributed by atoms with Crippen molar-refractivity contribution in [3.05, 3.63) is 64.4 Å². The van der Waals surface area contributed by atoms with E-state index in [2.05, 4.69) is 5.16 Å². The van der Waals surface area contributed by atoms with Crippen molar-refractivity contribution in [3.8, 4) is 5.75 Å². The lowest BCUT2D eigenvalue weighted by molar-refractivity contribution is 0.162. The van der Waals surface area contributed by atoms with Gasteiger partial charge in [0.05, 0.1) is 11.6 Å². The Morgan fingerprint density at radius 3 is 2.42 bits per heavy atom. The highest BCUT2D eigenvalue weighted by atomic mass is 35.5. The highest BCUT2D eigenvalue weighted by Gasteiger charge is 2.04. The maximum absolute atomic E-state index is 13.1. The summed E-state index contributed by atoms with van der Waals surface area (Å²) in [6.07, 6.45) is 2.46. The van der Waals surface area contributed by atoms with E-state index in [1.807, 2.05) is 32.0 Å². The average molecular weight is 382 g/mol. The van der Waals surface area contributed by atoms with Crippen molar-refractivity contribution >= 4 is 17.8 Å². The lowest BCUT2D eigenvalue weighted by Crippen LogP contribution is -1.99. The van der Waals surface area contributed by atoms with Gasteiger partial charge in [-0.1, -0.05) is 29.8 Å². The third kappa shape index (κ3) is 8.83. The molecule has 0 bridgehead atoms. The van der Waals surface area contributed by atoms with Crippen LogP contribution in [0.5, 0.6) is 5.75 Å². The van der Waals surface area contributed by atoms with E-state index in [0.29, 0.717) is 30.2 Å². The maximum atomic E-state index is 13.1. The summed E-state index contributed by atoms with van der Waals surface area (Å²) in [7, 11) is 0. The Morgan fingerprint density at radius 2 is 1.85 bits per heavy atom. The Morgan fingerprint density at radius 1 is 1.12 bits per heavy atom. The van der Waals surface area contributed by atoms with Crippen LogP contribution in [0.15, 0.2) is 47.6 Å². The molecule has 0 saturated heterocycles. The molecule has 2 aromatic rings. The molecule has 0 aliphatic heterocycles. The van der Waals surface area contributed by atoms with E-state index >= 15 is 0 Å². The third-order valence-electron chi connectivity index (χ3n) is 3.29. The van der Waals surface area contributed by atoms with Crippen molar-refractivity contribution in [2.24, 2.45) is 5.16 Å². The number of ether oxygens (including phenoxy) is 2. The standard InChI is InChI=1S/C16H15ClFNO2.C4H10O/c17-15-11-13(9-12-3-1-4-14(18)10-12)5-6-16(15)21-8-2-7-19-20;1-3-5-4-2/h1,3-7,10-11,20H,2,8-9H2;3-4H2,1-2H3/b19-7-;. The molecule has 0 aliphatic rings. The number of benzene rings is 2. The second-order valence-electron chi connectivity index (χ2n) is 5.29. The zero-order chi connectivity index (χ0) is 19.2. The molecule has 0 unspecified atom stereocenters. The Balaban J connectivity index is 0.000000597. The molecule has 26 heavy (non-hydrogen) atoms. The van der Waals surface area contributed by atoms with Crippen LogP contribution in [0.1, 0.15) is 31.4 Å². The fourth-order valence-corrected chi connectivity index (χ4v) is 2.40. The molecule has 1 N–H and O–H groups in total. The summed E-state index contributed by atoms with van der Waals surface area (Å²) in [5, 5.41) is 11.7. The van der Waals surface area contributed by atoms with Crippen LogP contribution in [-0.2, 0) is 11.2 Å². The van der Waals surface area contributed by atoms with Crippen molar-refractivity contribution in [2.75, 3.05) is 19.8 Å². The summed E-state index contributed by atoms with van der Waals surface area (Å²) in [6, 6.07) is 12.0. The normalized spacial score (nSPS) is 10.5. The molecular weight excluding hydrogens is 357 g/mol. The summed E-state index contributed by atoms with van der Waals surface area (Å²) in [4.78, 5) is 0. The van der Waals surface area contributed by atoms with Crippen molar-refractivity contribution in [3.63, 3.8) is 0 Å². The van der Waals surface area contributed by atoms with E-state index in [4.69, 9.17) is 26.3 Å². The Bertz CT molecular complexity index is 678. The van der Waals surface area contributed by atoms with Crippen molar-refractivity contribution in [1.82, 2.24) is 0 Å². The summed E-state index contributed by atoms with van der Waals surface area (Å²) < 4.78 is 23.4. The molecule has 0 aromatic heterocycles. The number of rotatable bonds is 8. The van der Waals surface area contributed by atoms with Gasteiger partial charge in [0.1, 0.15) is 11.6 Å². The lowest BCUT2D eigenvalue weighted by Gasteiger charge is -2.09. The Labute approximate surface area is 159 Å². The minimum absolute atomic E-state index is 0.246. The van der Waals surface area contributed by atoms with Crippen LogP contribution >= 0.6 is 11.6 Å². The first-order valence-corrected chi connectivity index (χ1v) is 8.87. The van der Waals surface area contributed by atoms with Crippen molar-refractivity contribution in [1.29, 1.82) is 0 Å². The third-order valence-corrected chi connectivity index (χ3v) is 3.58. The monoisotopic (exact) mass is 381 g/mol. The van der Waals surface area contributed by atoms with Gasteiger partial charge in [0.2, 0.25) is 0 Å². The van der Waals surface area contributed by atoms with Crippen molar-refractivity contribution in [2.45, 2.75) is 26.7 Å². The van der Waals surface area contributed by atoms with E-state index < -0.39 is 0 Å². The Kier molecular flexibility index (Phi) is 11.1. The fourth-order valence-electron chi connectivity index (χ4n) is 2.14. The lowest BCUT2D eigenvalue weighted by atomic mass is 10.0. The molecular formula is C20H25ClFNO3. The highest BCUT2D eigenvalue weighted by molar-refractivity contribution is 6.32. The number of hydrogen-bond donors (Lipinski definition) is 1. The minimum Gasteiger partial charge on any atom is -0.492 e. The van der Waals surface area contributed by atoms with Crippen LogP contribution < -0.4 is 4.74 Å². The Hall–Kier alpha value is -2.11. The molecule has 0 spiro atoms. The molecule has 0 aliphatic carbocycles. The molecule has 0 fully saturated rings. The zero-order valence-corrected chi connectivity index (χ0v) is 15.9. The van der Waals surface area contributed by atoms with Crippen LogP contribution in [0, 0.1) is 5.82 Å². The summed E-state index contributed by atoms with van der Waals surface area (Å²) in [5.74, 6) is 0.329. The molecule has 0 heterocycles. The molecule has 4 nitrogen and oxygen atoms in total. The van der Waals surface area contributed by atoms with Crippen LogP contribution in [0.4, 0.5) is 4.39 Å². The fraction of sp³-hybridized carbons (Fsp3) is 0.350. The van der Waals surface area contributed by atoms with Crippen LogP contribution in [0.3, 0.4) is 0 Å². The predicted octanol–water partition coefficient (Wildman–Crippen LogP) is 5.34. The largest absolute Gasteiger partial charge is 0.492 e. The van der Waals surface area contributed by atoms with E-state index in [1.165, 1.54) is 18.3 Å². The SMILES string of the molecule is CCOCC.O/N=C\CCOc1ccc(Cc2cccc(F)c2)cc1Cl. The van der Waals surface area contributed by atoms with Crippen LogP contribution in [-0.4, -0.2) is 31.2 Å². The van der Waals surface area contributed by atoms with E-state index in [9.17, 15) is 4.39 Å². The van der Waals surface area contributed by atoms with Crippen LogP contribution in [0.25, 0.3) is 0 Å². The van der Waals surface area contributed by atoms with Gasteiger partial charge in [-0.05, 0) is 55.7 Å². The van der Waals surface area contributed by atoms with Crippen LogP contribution in [0.2, 0.25) is 5.02 Å². The quantitative estimate of drug-likeness (QED) is 0.290. The number of halogens is 2. The van der Waals surface area contributed by atoms with Crippen molar-refractivity contribution < 1.29 is 19.1 Å². The van der Waals surface area contributed by atoms with Gasteiger partial charge in [0.15, 0.2) is 0 Å². The molecule has 0 atom stereocenters. The van der Waals surface area contributed by atoms with E-state index in [1.54, 1.807) is 12.1 Å². The van der Waals surface area contributed by atoms with Gasteiger partial charge >= 0.3 is 0 Å². The molecule has 6 heteroatoms. The summed E-state index contributed by atoms with van der Waals surface area (Å²) in [6.45, 7) is 6.05. The zero-order valence-electron chi connectivity index (χ0n) is 15.1. The van der Waals surface area contributed by atoms with Gasteiger partial charge < -0.3 is 14.7 Å². The molecule has 0 saturated carbocycles. The molecule has 142 valence electrons. The van der Waals surface area contributed by atoms with Gasteiger partial charge in [-0.3, -0.25) is 0 Å². The first-order valence-electron chi connectivity index (χ1n) is 8.50. The average Bonchev–Trinajstić information content (AvgIpc) is 2.61. The van der Waals surface area contributed by atoms with Gasteiger partial charge in [-0.15, -0.1) is 5.16 Å². The minimum atomic E-state index is -0.246. The predicted molar refractivity (Wildman–Crippen MR) is 103 cm³/mol. The van der Waals surface area contributed by atoms with Gasteiger partial charge in [0.25, 0.3) is 0 Å². The molecule has 0 amide bonds. The summed E-state index contributed by atoms with van der Waals surface area (Å²) in [5.41, 5.74) is 1.87. The second kappa shape index (κ2) is 13.1. The topological polar surface area (TPSA) is 51.0 Å². The smallest absolute Gasteiger partial charge is 0.137 e. The first-order chi connectivity index (χ1) is 12.6. The molecule has 2 aromatic carbocycles. The molecule has 2 rings (SSSR count). The second-order valence-corrected chi connectivity index (χ2v) is 5.70. The number of nitrogens with zero attached hydrogens (tertiary/aromatic N) is 1. The van der Waals surface area contributed by atoms with Gasteiger partial charge in [-0.2, -0.15) is 0 Å². The first kappa shape index (κ1) is 21.9.